The Bertz CT molecular complexity index is 2100. The summed E-state index contributed by atoms with van der Waals surface area (Å²) >= 11 is 5.05. The van der Waals surface area contributed by atoms with Crippen LogP contribution in [0.5, 0.6) is 0 Å². The molecule has 6 rings (SSSR count). The van der Waals surface area contributed by atoms with Gasteiger partial charge in [-0.15, -0.1) is 0 Å². The monoisotopic (exact) mass is 814 g/mol. The highest BCUT2D eigenvalue weighted by atomic mass is 35.5. The van der Waals surface area contributed by atoms with Gasteiger partial charge in [-0.1, -0.05) is 12.1 Å². The van der Waals surface area contributed by atoms with Gasteiger partial charge in [-0.25, -0.2) is 18.4 Å². The molecule has 17 heteroatoms. The van der Waals surface area contributed by atoms with Crippen LogP contribution in [0, 0.1) is 23.5 Å². The zero-order valence-corrected chi connectivity index (χ0v) is 33.5. The second-order valence-corrected chi connectivity index (χ2v) is 16.0. The van der Waals surface area contributed by atoms with Crippen molar-refractivity contribution >= 4 is 68.3 Å². The number of ketones is 2. The van der Waals surface area contributed by atoms with Gasteiger partial charge in [0.15, 0.2) is 0 Å². The van der Waals surface area contributed by atoms with E-state index in [1.807, 2.05) is 20.8 Å². The summed E-state index contributed by atoms with van der Waals surface area (Å²) in [6.07, 6.45) is 3.61. The molecule has 2 aliphatic heterocycles. The number of halogens is 3. The highest BCUT2D eigenvalue weighted by molar-refractivity contribution is 6.83. The molecule has 0 bridgehead atoms. The van der Waals surface area contributed by atoms with Crippen molar-refractivity contribution in [2.45, 2.75) is 65.6 Å². The summed E-state index contributed by atoms with van der Waals surface area (Å²) in [5.41, 5.74) is -0.0642. The van der Waals surface area contributed by atoms with Crippen LogP contribution in [0.4, 0.5) is 18.4 Å². The number of carbonyl (C=O) groups is 6. The van der Waals surface area contributed by atoms with E-state index in [0.29, 0.717) is 49.6 Å². The van der Waals surface area contributed by atoms with Crippen molar-refractivity contribution in [2.75, 3.05) is 39.3 Å². The van der Waals surface area contributed by atoms with Gasteiger partial charge in [0.05, 0.1) is 11.1 Å². The lowest BCUT2D eigenvalue weighted by Gasteiger charge is -2.20. The molecule has 0 spiro atoms. The molecule has 2 saturated heterocycles. The van der Waals surface area contributed by atoms with E-state index in [2.05, 4.69) is 25.9 Å². The van der Waals surface area contributed by atoms with E-state index in [1.165, 1.54) is 41.6 Å². The van der Waals surface area contributed by atoms with Gasteiger partial charge in [-0.3, -0.25) is 19.2 Å². The van der Waals surface area contributed by atoms with Crippen LogP contribution in [0.1, 0.15) is 75.1 Å². The molecule has 308 valence electrons. The quantitative estimate of drug-likeness (QED) is 0.0779. The van der Waals surface area contributed by atoms with Crippen LogP contribution in [-0.2, 0) is 19.1 Å². The summed E-state index contributed by atoms with van der Waals surface area (Å²) in [6, 6.07) is 8.76. The van der Waals surface area contributed by atoms with Crippen LogP contribution in [-0.4, -0.2) is 100 Å². The minimum absolute atomic E-state index is 0.0315. The third-order valence-electron chi connectivity index (χ3n) is 8.78. The Kier molecular flexibility index (Phi) is 14.9. The number of aromatic amines is 2. The number of nitrogens with one attached hydrogen (secondary N) is 5. The largest absolute Gasteiger partial charge is 0.444 e. The normalized spacial score (nSPS) is 16.5. The zero-order chi connectivity index (χ0) is 42.1. The number of nitrogens with zero attached hydrogens (tertiary/aromatic N) is 1. The van der Waals surface area contributed by atoms with Crippen molar-refractivity contribution in [2.24, 2.45) is 11.8 Å². The Labute approximate surface area is 333 Å². The van der Waals surface area contributed by atoms with Crippen molar-refractivity contribution in [3.8, 4) is 0 Å². The summed E-state index contributed by atoms with van der Waals surface area (Å²) in [6.45, 7) is 14.8. The second kappa shape index (κ2) is 19.2. The molecule has 4 heterocycles. The summed E-state index contributed by atoms with van der Waals surface area (Å²) < 4.78 is 37.8. The fourth-order valence-electron chi connectivity index (χ4n) is 6.16. The summed E-state index contributed by atoms with van der Waals surface area (Å²) in [4.78, 5) is 77.2. The number of carbonyl (C=O) groups excluding carboxylic acids is 6. The number of H-pyrrole nitrogens is 2. The van der Waals surface area contributed by atoms with Crippen LogP contribution in [0.2, 0.25) is 0 Å². The number of ether oxygens (including phenoxy) is 2. The Morgan fingerprint density at radius 1 is 0.754 bits per heavy atom. The maximum Gasteiger partial charge on any atom is 0.407 e. The van der Waals surface area contributed by atoms with Crippen molar-refractivity contribution < 1.29 is 47.0 Å². The zero-order valence-electron chi connectivity index (χ0n) is 32.8. The predicted molar refractivity (Wildman–Crippen MR) is 210 cm³/mol. The van der Waals surface area contributed by atoms with Gasteiger partial charge in [0.1, 0.15) is 22.8 Å². The number of hydrogen-bond donors (Lipinski definition) is 5. The fourth-order valence-corrected chi connectivity index (χ4v) is 6.26. The first kappa shape index (κ1) is 44.4. The van der Waals surface area contributed by atoms with E-state index in [1.54, 1.807) is 32.9 Å². The molecule has 0 saturated carbocycles. The molecule has 2 aromatic carbocycles. The van der Waals surface area contributed by atoms with Crippen LogP contribution in [0.15, 0.2) is 48.8 Å². The standard InChI is InChI=1S/C20H24FN3O4.C10H5ClFNO2.C10H20N2O2/c1-20(2,3)28-19(27)23-9-12-7-8-24(11-12)18(26)17(25)13-10-22-15-6-4-5-14(21)16(13)15;11-10(15)9(14)5-4-13-7-3-1-2-6(12)8(5)7;1-10(2,3)14-9(13)12-7-8-4-5-11-6-8/h4-6,10,12,22H,7-9,11H2,1-3H3,(H,23,27);1-4,13H;8,11H,4-7H2,1-3H3,(H,12,13). The van der Waals surface area contributed by atoms with Crippen LogP contribution in [0.25, 0.3) is 21.8 Å². The molecular weight excluding hydrogens is 766 g/mol. The molecule has 0 radical (unpaired) electrons. The number of likely N-dealkylation sites (tertiary alicyclic amines) is 1. The highest BCUT2D eigenvalue weighted by Gasteiger charge is 2.32. The van der Waals surface area contributed by atoms with Crippen molar-refractivity contribution in [3.05, 3.63) is 71.6 Å². The molecule has 14 nitrogen and oxygen atoms in total. The average molecular weight is 815 g/mol. The number of amides is 3. The third-order valence-corrected chi connectivity index (χ3v) is 8.95. The summed E-state index contributed by atoms with van der Waals surface area (Å²) in [5, 5.41) is 7.82. The molecule has 3 amide bonds. The maximum absolute atomic E-state index is 14.1. The Morgan fingerprint density at radius 2 is 1.25 bits per heavy atom. The Balaban J connectivity index is 0.000000209. The lowest BCUT2D eigenvalue weighted by Crippen LogP contribution is -2.38. The van der Waals surface area contributed by atoms with E-state index in [9.17, 15) is 37.5 Å². The van der Waals surface area contributed by atoms with E-state index < -0.39 is 51.6 Å². The molecule has 2 aromatic heterocycles. The first-order chi connectivity index (χ1) is 26.7. The summed E-state index contributed by atoms with van der Waals surface area (Å²) in [5.74, 6) is -2.83. The van der Waals surface area contributed by atoms with Crippen molar-refractivity contribution in [1.29, 1.82) is 0 Å². The Hall–Kier alpha value is -5.35. The van der Waals surface area contributed by atoms with Gasteiger partial charge in [-0.2, -0.15) is 0 Å². The van der Waals surface area contributed by atoms with E-state index in [-0.39, 0.29) is 33.9 Å². The molecule has 0 aliphatic carbocycles. The molecular formula is C40H49ClF2N6O8. The average Bonchev–Trinajstić information content (AvgIpc) is 3.95. The number of aromatic nitrogens is 2. The highest BCUT2D eigenvalue weighted by Crippen LogP contribution is 2.25. The number of benzene rings is 2. The van der Waals surface area contributed by atoms with Gasteiger partial charge in [0.25, 0.3) is 16.9 Å². The molecule has 2 unspecified atom stereocenters. The second-order valence-electron chi connectivity index (χ2n) is 15.7. The van der Waals surface area contributed by atoms with Gasteiger partial charge in [0.2, 0.25) is 5.78 Å². The minimum Gasteiger partial charge on any atom is -0.444 e. The minimum atomic E-state index is -1.13. The topological polar surface area (TPSA) is 192 Å². The fraction of sp³-hybridized carbons (Fsp3) is 0.450. The van der Waals surface area contributed by atoms with Crippen molar-refractivity contribution in [3.63, 3.8) is 0 Å². The van der Waals surface area contributed by atoms with Crippen LogP contribution >= 0.6 is 11.6 Å². The van der Waals surface area contributed by atoms with E-state index in [4.69, 9.17) is 21.1 Å². The van der Waals surface area contributed by atoms with Crippen LogP contribution in [0.3, 0.4) is 0 Å². The molecule has 2 aliphatic rings. The van der Waals surface area contributed by atoms with Crippen molar-refractivity contribution in [1.82, 2.24) is 30.8 Å². The number of fused-ring (bicyclic) bond motifs is 2. The number of alkyl carbamates (subject to hydrolysis) is 2. The SMILES string of the molecule is CC(C)(C)OC(=O)NCC1CCN(C(=O)C(=O)c2c[nH]c3cccc(F)c23)C1.CC(C)(C)OC(=O)NCC1CCNC1.O=C(Cl)C(=O)c1c[nH]c2cccc(F)c12. The molecule has 2 fully saturated rings. The van der Waals surface area contributed by atoms with Crippen LogP contribution < -0.4 is 16.0 Å². The first-order valence-electron chi connectivity index (χ1n) is 18.5. The molecule has 2 atom stereocenters. The number of Topliss-reactive ketones (excluding diaryl/α,β-unsaturated/α-hetero) is 2. The van der Waals surface area contributed by atoms with Gasteiger partial charge in [-0.05, 0) is 115 Å². The molecule has 5 N–H and O–H groups in total. The van der Waals surface area contributed by atoms with Gasteiger partial charge in [0, 0.05) is 60.4 Å². The summed E-state index contributed by atoms with van der Waals surface area (Å²) in [7, 11) is 0. The van der Waals surface area contributed by atoms with Gasteiger partial charge >= 0.3 is 12.2 Å². The van der Waals surface area contributed by atoms with E-state index >= 15 is 0 Å². The lowest BCUT2D eigenvalue weighted by molar-refractivity contribution is -0.125. The number of hydrogen-bond acceptors (Lipinski definition) is 9. The smallest absolute Gasteiger partial charge is 0.407 e. The number of rotatable bonds is 8. The lowest BCUT2D eigenvalue weighted by atomic mass is 10.1. The van der Waals surface area contributed by atoms with E-state index in [0.717, 1.165) is 19.5 Å². The van der Waals surface area contributed by atoms with Gasteiger partial charge < -0.3 is 40.3 Å². The molecule has 57 heavy (non-hydrogen) atoms. The Morgan fingerprint density at radius 3 is 1.70 bits per heavy atom. The predicted octanol–water partition coefficient (Wildman–Crippen LogP) is 6.24. The third kappa shape index (κ3) is 12.8. The maximum atomic E-state index is 14.1. The molecule has 4 aromatic rings. The first-order valence-corrected chi connectivity index (χ1v) is 18.8.